The molecule has 5 heteroatoms. The molecule has 0 spiro atoms. The lowest BCUT2D eigenvalue weighted by molar-refractivity contribution is -0.118. The molecule has 4 nitrogen and oxygen atoms in total. The molecule has 0 unspecified atom stereocenters. The van der Waals surface area contributed by atoms with Gasteiger partial charge in [-0.25, -0.2) is 0 Å². The van der Waals surface area contributed by atoms with Gasteiger partial charge in [0.1, 0.15) is 5.69 Å². The SMILES string of the molecule is O=C(CSC1CCCC1)NCc1ccnc(-c2ccco2)c1. The zero-order valence-electron chi connectivity index (χ0n) is 12.5. The average Bonchev–Trinajstić information content (AvgIpc) is 3.24. The molecule has 0 atom stereocenters. The largest absolute Gasteiger partial charge is 0.463 e. The van der Waals surface area contributed by atoms with Crippen LogP contribution in [0.2, 0.25) is 0 Å². The molecule has 1 fully saturated rings. The summed E-state index contributed by atoms with van der Waals surface area (Å²) in [5, 5.41) is 3.66. The summed E-state index contributed by atoms with van der Waals surface area (Å²) in [6.07, 6.45) is 8.51. The van der Waals surface area contributed by atoms with E-state index in [-0.39, 0.29) is 5.91 Å². The van der Waals surface area contributed by atoms with Crippen molar-refractivity contribution >= 4 is 17.7 Å². The molecule has 2 aromatic heterocycles. The van der Waals surface area contributed by atoms with E-state index in [4.69, 9.17) is 4.42 Å². The first-order chi connectivity index (χ1) is 10.8. The third-order valence-corrected chi connectivity index (χ3v) is 5.21. The number of rotatable bonds is 6. The van der Waals surface area contributed by atoms with Crippen LogP contribution in [-0.2, 0) is 11.3 Å². The molecule has 0 aliphatic heterocycles. The Hall–Kier alpha value is -1.75. The van der Waals surface area contributed by atoms with Crippen molar-refractivity contribution in [2.45, 2.75) is 37.5 Å². The number of aromatic nitrogens is 1. The number of nitrogens with one attached hydrogen (secondary N) is 1. The first-order valence-electron chi connectivity index (χ1n) is 7.68. The highest BCUT2D eigenvalue weighted by Gasteiger charge is 2.16. The van der Waals surface area contributed by atoms with Crippen LogP contribution >= 0.6 is 11.8 Å². The van der Waals surface area contributed by atoms with Gasteiger partial charge in [0.15, 0.2) is 5.76 Å². The number of thioether (sulfide) groups is 1. The Bertz CT molecular complexity index is 607. The molecule has 1 aliphatic rings. The van der Waals surface area contributed by atoms with E-state index in [0.717, 1.165) is 17.0 Å². The number of furan rings is 1. The summed E-state index contributed by atoms with van der Waals surface area (Å²) in [7, 11) is 0. The molecule has 2 heterocycles. The molecule has 1 saturated carbocycles. The number of amides is 1. The number of hydrogen-bond acceptors (Lipinski definition) is 4. The third-order valence-electron chi connectivity index (χ3n) is 3.84. The maximum absolute atomic E-state index is 11.9. The summed E-state index contributed by atoms with van der Waals surface area (Å²) < 4.78 is 5.34. The molecule has 22 heavy (non-hydrogen) atoms. The molecule has 1 N–H and O–H groups in total. The first kappa shape index (κ1) is 15.2. The van der Waals surface area contributed by atoms with Crippen LogP contribution < -0.4 is 5.32 Å². The molecular weight excluding hydrogens is 296 g/mol. The van der Waals surface area contributed by atoms with Crippen molar-refractivity contribution in [1.82, 2.24) is 10.3 Å². The molecule has 0 bridgehead atoms. The summed E-state index contributed by atoms with van der Waals surface area (Å²) in [5.74, 6) is 1.40. The lowest BCUT2D eigenvalue weighted by atomic mass is 10.2. The Morgan fingerprint density at radius 1 is 1.36 bits per heavy atom. The van der Waals surface area contributed by atoms with Gasteiger partial charge in [-0.1, -0.05) is 12.8 Å². The second-order valence-corrected chi connectivity index (χ2v) is 6.81. The van der Waals surface area contributed by atoms with Crippen molar-refractivity contribution in [2.75, 3.05) is 5.75 Å². The molecule has 116 valence electrons. The van der Waals surface area contributed by atoms with Gasteiger partial charge in [-0.3, -0.25) is 9.78 Å². The zero-order valence-corrected chi connectivity index (χ0v) is 13.3. The van der Waals surface area contributed by atoms with Crippen molar-refractivity contribution in [1.29, 1.82) is 0 Å². The normalized spacial score (nSPS) is 15.1. The van der Waals surface area contributed by atoms with E-state index in [1.54, 1.807) is 24.2 Å². The number of carbonyl (C=O) groups excluding carboxylic acids is 1. The minimum atomic E-state index is 0.105. The zero-order chi connectivity index (χ0) is 15.2. The Morgan fingerprint density at radius 2 is 2.23 bits per heavy atom. The maximum Gasteiger partial charge on any atom is 0.230 e. The van der Waals surface area contributed by atoms with E-state index >= 15 is 0 Å². The van der Waals surface area contributed by atoms with Crippen molar-refractivity contribution in [3.63, 3.8) is 0 Å². The highest BCUT2D eigenvalue weighted by molar-refractivity contribution is 8.00. The van der Waals surface area contributed by atoms with Crippen molar-refractivity contribution in [3.8, 4) is 11.5 Å². The number of pyridine rings is 1. The summed E-state index contributed by atoms with van der Waals surface area (Å²) in [6.45, 7) is 0.528. The molecule has 0 aromatic carbocycles. The molecule has 2 aromatic rings. The topological polar surface area (TPSA) is 55.1 Å². The lowest BCUT2D eigenvalue weighted by Crippen LogP contribution is -2.25. The van der Waals surface area contributed by atoms with Gasteiger partial charge in [-0.2, -0.15) is 0 Å². The maximum atomic E-state index is 11.9. The van der Waals surface area contributed by atoms with E-state index in [1.165, 1.54) is 25.7 Å². The average molecular weight is 316 g/mol. The van der Waals surface area contributed by atoms with Gasteiger partial charge in [0.2, 0.25) is 5.91 Å². The summed E-state index contributed by atoms with van der Waals surface area (Å²) in [5.41, 5.74) is 1.82. The predicted molar refractivity (Wildman–Crippen MR) is 88.5 cm³/mol. The third kappa shape index (κ3) is 4.13. The van der Waals surface area contributed by atoms with E-state index in [9.17, 15) is 4.79 Å². The molecular formula is C17H20N2O2S. The fourth-order valence-electron chi connectivity index (χ4n) is 2.64. The second-order valence-electron chi connectivity index (χ2n) is 5.52. The second kappa shape index (κ2) is 7.49. The molecule has 3 rings (SSSR count). The molecule has 0 radical (unpaired) electrons. The smallest absolute Gasteiger partial charge is 0.230 e. The lowest BCUT2D eigenvalue weighted by Gasteiger charge is -2.09. The predicted octanol–water partition coefficient (Wildman–Crippen LogP) is 3.63. The van der Waals surface area contributed by atoms with E-state index in [1.807, 2.05) is 24.3 Å². The summed E-state index contributed by atoms with van der Waals surface area (Å²) in [4.78, 5) is 16.2. The van der Waals surface area contributed by atoms with Crippen LogP contribution in [-0.4, -0.2) is 21.9 Å². The summed E-state index contributed by atoms with van der Waals surface area (Å²) >= 11 is 1.79. The Balaban J connectivity index is 1.48. The molecule has 1 amide bonds. The number of hydrogen-bond donors (Lipinski definition) is 1. The fourth-order valence-corrected chi connectivity index (χ4v) is 3.80. The minimum absolute atomic E-state index is 0.105. The first-order valence-corrected chi connectivity index (χ1v) is 8.73. The van der Waals surface area contributed by atoms with Crippen LogP contribution in [0.4, 0.5) is 0 Å². The van der Waals surface area contributed by atoms with Gasteiger partial charge < -0.3 is 9.73 Å². The highest BCUT2D eigenvalue weighted by atomic mass is 32.2. The van der Waals surface area contributed by atoms with Crippen molar-refractivity contribution < 1.29 is 9.21 Å². The monoisotopic (exact) mass is 316 g/mol. The Kier molecular flexibility index (Phi) is 5.16. The molecule has 1 aliphatic carbocycles. The number of nitrogens with zero attached hydrogens (tertiary/aromatic N) is 1. The Morgan fingerprint density at radius 3 is 3.00 bits per heavy atom. The Labute approximate surface area is 134 Å². The summed E-state index contributed by atoms with van der Waals surface area (Å²) in [6, 6.07) is 7.58. The highest BCUT2D eigenvalue weighted by Crippen LogP contribution is 2.29. The van der Waals surface area contributed by atoms with E-state index in [2.05, 4.69) is 10.3 Å². The van der Waals surface area contributed by atoms with Gasteiger partial charge in [0, 0.05) is 18.0 Å². The van der Waals surface area contributed by atoms with Crippen LogP contribution in [0, 0.1) is 0 Å². The standard InChI is InChI=1S/C17H20N2O2S/c20-17(12-22-14-4-1-2-5-14)19-11-13-7-8-18-15(10-13)16-6-3-9-21-16/h3,6-10,14H,1-2,4-5,11-12H2,(H,19,20). The molecule has 0 saturated heterocycles. The van der Waals surface area contributed by atoms with Crippen LogP contribution in [0.3, 0.4) is 0 Å². The quantitative estimate of drug-likeness (QED) is 0.884. The van der Waals surface area contributed by atoms with Crippen LogP contribution in [0.5, 0.6) is 0 Å². The number of carbonyl (C=O) groups is 1. The van der Waals surface area contributed by atoms with Gasteiger partial charge >= 0.3 is 0 Å². The van der Waals surface area contributed by atoms with Gasteiger partial charge in [-0.05, 0) is 42.7 Å². The van der Waals surface area contributed by atoms with Crippen molar-refractivity contribution in [3.05, 3.63) is 42.3 Å². The van der Waals surface area contributed by atoms with Crippen molar-refractivity contribution in [2.24, 2.45) is 0 Å². The minimum Gasteiger partial charge on any atom is -0.463 e. The van der Waals surface area contributed by atoms with E-state index in [0.29, 0.717) is 17.5 Å². The van der Waals surface area contributed by atoms with Crippen LogP contribution in [0.1, 0.15) is 31.2 Å². The van der Waals surface area contributed by atoms with Crippen LogP contribution in [0.25, 0.3) is 11.5 Å². The van der Waals surface area contributed by atoms with Gasteiger partial charge in [-0.15, -0.1) is 11.8 Å². The fraction of sp³-hybridized carbons (Fsp3) is 0.412. The van der Waals surface area contributed by atoms with E-state index < -0.39 is 0 Å². The van der Waals surface area contributed by atoms with Crippen LogP contribution in [0.15, 0.2) is 41.1 Å². The van der Waals surface area contributed by atoms with Gasteiger partial charge in [0.05, 0.1) is 12.0 Å². The van der Waals surface area contributed by atoms with Gasteiger partial charge in [0.25, 0.3) is 0 Å².